The van der Waals surface area contributed by atoms with Crippen LogP contribution in [-0.4, -0.2) is 61.2 Å². The molecule has 0 spiro atoms. The summed E-state index contributed by atoms with van der Waals surface area (Å²) in [5.41, 5.74) is 0.927. The molecule has 1 heterocycles. The molecule has 1 aliphatic rings. The Hall–Kier alpha value is -2.90. The number of hydrogen-bond acceptors (Lipinski definition) is 6. The maximum absolute atomic E-state index is 12.9. The van der Waals surface area contributed by atoms with Crippen molar-refractivity contribution in [3.63, 3.8) is 0 Å². The van der Waals surface area contributed by atoms with E-state index < -0.39 is 11.5 Å². The van der Waals surface area contributed by atoms with Crippen molar-refractivity contribution >= 4 is 11.9 Å². The molecular weight excluding hydrogens is 408 g/mol. The zero-order valence-corrected chi connectivity index (χ0v) is 19.1. The number of ether oxygens (including phenoxy) is 2. The molecule has 3 rings (SSSR count). The third-order valence-corrected chi connectivity index (χ3v) is 6.02. The number of hydroxylamine groups is 2. The summed E-state index contributed by atoms with van der Waals surface area (Å²) in [6.45, 7) is 3.76. The lowest BCUT2D eigenvalue weighted by molar-refractivity contribution is -0.240. The van der Waals surface area contributed by atoms with E-state index >= 15 is 0 Å². The molecular formula is C25H32N2O5. The average molecular weight is 441 g/mol. The second-order valence-electron chi connectivity index (χ2n) is 8.00. The number of para-hydroxylation sites is 1. The van der Waals surface area contributed by atoms with E-state index in [1.807, 2.05) is 42.5 Å². The summed E-state index contributed by atoms with van der Waals surface area (Å²) >= 11 is 0. The van der Waals surface area contributed by atoms with E-state index in [0.29, 0.717) is 31.7 Å². The maximum Gasteiger partial charge on any atom is 0.334 e. The van der Waals surface area contributed by atoms with E-state index in [2.05, 4.69) is 17.0 Å². The van der Waals surface area contributed by atoms with Gasteiger partial charge in [-0.2, -0.15) is 0 Å². The minimum Gasteiger partial charge on any atom is -0.496 e. The minimum absolute atomic E-state index is 0.111. The Morgan fingerprint density at radius 3 is 2.28 bits per heavy atom. The first kappa shape index (κ1) is 23.8. The number of methoxy groups -OCH3 is 2. The summed E-state index contributed by atoms with van der Waals surface area (Å²) in [7, 11) is 2.94. The molecule has 7 heteroatoms. The SMILES string of the molecule is COC(=O)C1(N(OCc2ccccc2OC)C(C)=O)CCN(CCc2ccccc2)CC1. The lowest BCUT2D eigenvalue weighted by Gasteiger charge is -2.45. The van der Waals surface area contributed by atoms with Gasteiger partial charge < -0.3 is 14.4 Å². The van der Waals surface area contributed by atoms with E-state index in [4.69, 9.17) is 14.3 Å². The van der Waals surface area contributed by atoms with Crippen molar-refractivity contribution in [2.45, 2.75) is 38.3 Å². The van der Waals surface area contributed by atoms with Gasteiger partial charge in [-0.3, -0.25) is 9.63 Å². The first-order valence-corrected chi connectivity index (χ1v) is 10.9. The predicted molar refractivity (Wildman–Crippen MR) is 121 cm³/mol. The smallest absolute Gasteiger partial charge is 0.334 e. The molecule has 1 amide bonds. The van der Waals surface area contributed by atoms with Gasteiger partial charge in [0.2, 0.25) is 5.91 Å². The zero-order valence-electron chi connectivity index (χ0n) is 19.1. The molecule has 0 atom stereocenters. The molecule has 0 saturated carbocycles. The van der Waals surface area contributed by atoms with Gasteiger partial charge in [0, 0.05) is 32.1 Å². The van der Waals surface area contributed by atoms with E-state index in [-0.39, 0.29) is 12.5 Å². The van der Waals surface area contributed by atoms with Crippen molar-refractivity contribution in [1.29, 1.82) is 0 Å². The molecule has 2 aromatic carbocycles. The highest BCUT2D eigenvalue weighted by atomic mass is 16.7. The molecule has 172 valence electrons. The summed E-state index contributed by atoms with van der Waals surface area (Å²) in [4.78, 5) is 33.8. The Kier molecular flexibility index (Phi) is 8.25. The van der Waals surface area contributed by atoms with E-state index in [1.54, 1.807) is 7.11 Å². The molecule has 1 fully saturated rings. The quantitative estimate of drug-likeness (QED) is 0.441. The summed E-state index contributed by atoms with van der Waals surface area (Å²) in [5.74, 6) is -0.114. The van der Waals surface area contributed by atoms with Gasteiger partial charge in [-0.05, 0) is 30.9 Å². The first-order valence-electron chi connectivity index (χ1n) is 10.9. The lowest BCUT2D eigenvalue weighted by Crippen LogP contribution is -2.61. The van der Waals surface area contributed by atoms with Crippen molar-refractivity contribution in [3.8, 4) is 5.75 Å². The standard InChI is InChI=1S/C25H32N2O5/c1-20(28)27(32-19-22-11-7-8-12-23(22)30-2)25(24(29)31-3)14-17-26(18-15-25)16-13-21-9-5-4-6-10-21/h4-12H,13-19H2,1-3H3. The van der Waals surface area contributed by atoms with Gasteiger partial charge in [0.15, 0.2) is 5.54 Å². The molecule has 0 unspecified atom stereocenters. The van der Waals surface area contributed by atoms with Crippen molar-refractivity contribution in [2.24, 2.45) is 0 Å². The Labute approximate surface area is 189 Å². The fraction of sp³-hybridized carbons (Fsp3) is 0.440. The lowest BCUT2D eigenvalue weighted by atomic mass is 9.86. The van der Waals surface area contributed by atoms with Gasteiger partial charge in [-0.1, -0.05) is 48.5 Å². The molecule has 1 saturated heterocycles. The number of hydrogen-bond donors (Lipinski definition) is 0. The molecule has 32 heavy (non-hydrogen) atoms. The van der Waals surface area contributed by atoms with Crippen LogP contribution in [0.2, 0.25) is 0 Å². The number of carbonyl (C=O) groups is 2. The predicted octanol–water partition coefficient (Wildman–Crippen LogP) is 3.23. The monoisotopic (exact) mass is 440 g/mol. The molecule has 2 aromatic rings. The second kappa shape index (κ2) is 11.1. The van der Waals surface area contributed by atoms with Crippen LogP contribution in [0.25, 0.3) is 0 Å². The zero-order chi connectivity index (χ0) is 23.0. The van der Waals surface area contributed by atoms with Crippen molar-refractivity contribution in [3.05, 3.63) is 65.7 Å². The molecule has 7 nitrogen and oxygen atoms in total. The van der Waals surface area contributed by atoms with Crippen LogP contribution in [0.4, 0.5) is 0 Å². The van der Waals surface area contributed by atoms with Gasteiger partial charge in [0.05, 0.1) is 14.2 Å². The van der Waals surface area contributed by atoms with Crippen molar-refractivity contribution in [2.75, 3.05) is 33.9 Å². The first-order chi connectivity index (χ1) is 15.5. The van der Waals surface area contributed by atoms with Gasteiger partial charge in [-0.15, -0.1) is 0 Å². The summed E-state index contributed by atoms with van der Waals surface area (Å²) < 4.78 is 10.5. The summed E-state index contributed by atoms with van der Waals surface area (Å²) in [6, 6.07) is 17.8. The van der Waals surface area contributed by atoms with Crippen molar-refractivity contribution < 1.29 is 23.9 Å². The van der Waals surface area contributed by atoms with Crippen LogP contribution in [0.5, 0.6) is 5.75 Å². The van der Waals surface area contributed by atoms with Crippen LogP contribution >= 0.6 is 0 Å². The van der Waals surface area contributed by atoms with Crippen LogP contribution in [-0.2, 0) is 32.2 Å². The number of likely N-dealkylation sites (tertiary alicyclic amines) is 1. The summed E-state index contributed by atoms with van der Waals surface area (Å²) in [6.07, 6.45) is 1.83. The molecule has 0 radical (unpaired) electrons. The normalized spacial score (nSPS) is 15.7. The van der Waals surface area contributed by atoms with Gasteiger partial charge in [0.25, 0.3) is 0 Å². The number of nitrogens with zero attached hydrogens (tertiary/aromatic N) is 2. The Balaban J connectivity index is 1.70. The number of rotatable bonds is 9. The van der Waals surface area contributed by atoms with Crippen LogP contribution < -0.4 is 4.74 Å². The van der Waals surface area contributed by atoms with E-state index in [0.717, 1.165) is 18.5 Å². The third-order valence-electron chi connectivity index (χ3n) is 6.02. The number of carbonyl (C=O) groups excluding carboxylic acids is 2. The minimum atomic E-state index is -1.15. The molecule has 0 N–H and O–H groups in total. The fourth-order valence-corrected chi connectivity index (χ4v) is 4.23. The van der Waals surface area contributed by atoms with Crippen molar-refractivity contribution in [1.82, 2.24) is 9.96 Å². The summed E-state index contributed by atoms with van der Waals surface area (Å²) in [5, 5.41) is 1.22. The maximum atomic E-state index is 12.9. The molecule has 0 bridgehead atoms. The number of esters is 1. The van der Waals surface area contributed by atoms with E-state index in [9.17, 15) is 9.59 Å². The fourth-order valence-electron chi connectivity index (χ4n) is 4.23. The Morgan fingerprint density at radius 1 is 1.00 bits per heavy atom. The molecule has 0 aromatic heterocycles. The highest BCUT2D eigenvalue weighted by molar-refractivity contribution is 5.86. The number of amides is 1. The van der Waals surface area contributed by atoms with Crippen LogP contribution in [0.3, 0.4) is 0 Å². The van der Waals surface area contributed by atoms with Gasteiger partial charge >= 0.3 is 5.97 Å². The average Bonchev–Trinajstić information content (AvgIpc) is 2.83. The number of benzene rings is 2. The highest BCUT2D eigenvalue weighted by Gasteiger charge is 2.50. The Morgan fingerprint density at radius 2 is 1.66 bits per heavy atom. The highest BCUT2D eigenvalue weighted by Crippen LogP contribution is 2.32. The topological polar surface area (TPSA) is 68.3 Å². The van der Waals surface area contributed by atoms with Gasteiger partial charge in [0.1, 0.15) is 12.4 Å². The van der Waals surface area contributed by atoms with Crippen LogP contribution in [0.1, 0.15) is 30.9 Å². The van der Waals surface area contributed by atoms with Crippen LogP contribution in [0, 0.1) is 0 Å². The van der Waals surface area contributed by atoms with Gasteiger partial charge in [-0.25, -0.2) is 9.86 Å². The number of piperidine rings is 1. The molecule has 0 aliphatic carbocycles. The largest absolute Gasteiger partial charge is 0.496 e. The Bertz CT molecular complexity index is 894. The molecule has 1 aliphatic heterocycles. The van der Waals surface area contributed by atoms with E-state index in [1.165, 1.54) is 24.7 Å². The second-order valence-corrected chi connectivity index (χ2v) is 8.00. The van der Waals surface area contributed by atoms with Crippen LogP contribution in [0.15, 0.2) is 54.6 Å². The third kappa shape index (κ3) is 5.47.